The molecule has 0 aliphatic rings. The van der Waals surface area contributed by atoms with Crippen molar-refractivity contribution in [3.63, 3.8) is 0 Å². The maximum Gasteiger partial charge on any atom is 0.245 e. The lowest BCUT2D eigenvalue weighted by atomic mass is 9.97. The first kappa shape index (κ1) is 24.5. The highest BCUT2D eigenvalue weighted by molar-refractivity contribution is 5.84. The van der Waals surface area contributed by atoms with Crippen LogP contribution in [0, 0.1) is 0 Å². The molecule has 0 radical (unpaired) electrons. The number of hydrogen-bond donors (Lipinski definition) is 5. The molecular formula is C30H31N4O2+. The van der Waals surface area contributed by atoms with Crippen LogP contribution in [0.4, 0.5) is 0 Å². The monoisotopic (exact) mass is 479 g/mol. The third-order valence-corrected chi connectivity index (χ3v) is 5.86. The van der Waals surface area contributed by atoms with Crippen LogP contribution in [0.5, 0.6) is 11.5 Å². The van der Waals surface area contributed by atoms with Gasteiger partial charge in [-0.05, 0) is 46.5 Å². The summed E-state index contributed by atoms with van der Waals surface area (Å²) in [6.07, 6.45) is 0.921. The number of aliphatic imine (C=N–C) groups is 1. The minimum atomic E-state index is 0.0742. The average Bonchev–Trinajstić information content (AvgIpc) is 2.90. The Morgan fingerprint density at radius 3 is 1.75 bits per heavy atom. The Morgan fingerprint density at radius 2 is 1.17 bits per heavy atom. The third-order valence-electron chi connectivity index (χ3n) is 5.86. The van der Waals surface area contributed by atoms with Gasteiger partial charge in [0.1, 0.15) is 18.0 Å². The number of benzene rings is 4. The standard InChI is InChI=1S/C30H30N4O2/c31-29(33-19-21-7-3-1-4-8-21)17-23-11-13-27(35)25(15-23)26-16-24(12-14-28(26)36)18-30(32)34-20-22-9-5-2-6-10-22/h1-16,35-36H,17-20H2,(H2,31,33)(H2,32,34)/p+1. The average molecular weight is 480 g/mol. The van der Waals surface area contributed by atoms with Crippen LogP contribution in [0.15, 0.2) is 102 Å². The summed E-state index contributed by atoms with van der Waals surface area (Å²) in [5.74, 6) is 1.27. The van der Waals surface area contributed by atoms with Gasteiger partial charge in [0.25, 0.3) is 0 Å². The summed E-state index contributed by atoms with van der Waals surface area (Å²) in [4.78, 5) is 7.72. The van der Waals surface area contributed by atoms with Gasteiger partial charge >= 0.3 is 0 Å². The van der Waals surface area contributed by atoms with E-state index >= 15 is 0 Å². The van der Waals surface area contributed by atoms with Gasteiger partial charge < -0.3 is 15.9 Å². The molecule has 36 heavy (non-hydrogen) atoms. The maximum atomic E-state index is 10.6. The van der Waals surface area contributed by atoms with Gasteiger partial charge in [-0.1, -0.05) is 72.8 Å². The summed E-state index contributed by atoms with van der Waals surface area (Å²) in [7, 11) is 0. The minimum absolute atomic E-state index is 0.0742. The quantitative estimate of drug-likeness (QED) is 0.187. The molecule has 4 aromatic rings. The van der Waals surface area contributed by atoms with Gasteiger partial charge in [0.05, 0.1) is 18.8 Å². The van der Waals surface area contributed by atoms with E-state index in [-0.39, 0.29) is 11.5 Å². The minimum Gasteiger partial charge on any atom is -0.507 e. The highest BCUT2D eigenvalue weighted by atomic mass is 16.3. The van der Waals surface area contributed by atoms with Gasteiger partial charge in [0, 0.05) is 17.5 Å². The number of hydrogen-bond acceptors (Lipinski definition) is 3. The summed E-state index contributed by atoms with van der Waals surface area (Å²) >= 11 is 0. The zero-order chi connectivity index (χ0) is 25.3. The summed E-state index contributed by atoms with van der Waals surface area (Å²) in [5.41, 5.74) is 17.5. The Bertz CT molecular complexity index is 1260. The zero-order valence-electron chi connectivity index (χ0n) is 20.1. The molecule has 0 fully saturated rings. The Morgan fingerprint density at radius 1 is 0.639 bits per heavy atom. The van der Waals surface area contributed by atoms with Crippen LogP contribution < -0.4 is 16.5 Å². The van der Waals surface area contributed by atoms with Crippen LogP contribution in [-0.4, -0.2) is 21.9 Å². The summed E-state index contributed by atoms with van der Waals surface area (Å²) in [6.45, 7) is 1.14. The Balaban J connectivity index is 1.50. The summed E-state index contributed by atoms with van der Waals surface area (Å²) in [5, 5.41) is 21.1. The van der Waals surface area contributed by atoms with Crippen molar-refractivity contribution < 1.29 is 15.2 Å². The number of amidine groups is 2. The van der Waals surface area contributed by atoms with Crippen molar-refractivity contribution >= 4 is 11.7 Å². The molecule has 0 unspecified atom stereocenters. The van der Waals surface area contributed by atoms with Crippen molar-refractivity contribution in [2.24, 2.45) is 16.5 Å². The Kier molecular flexibility index (Phi) is 7.98. The van der Waals surface area contributed by atoms with E-state index in [4.69, 9.17) is 11.5 Å². The topological polar surface area (TPSA) is 119 Å². The molecule has 0 aromatic heterocycles. The van der Waals surface area contributed by atoms with Gasteiger partial charge in [0.15, 0.2) is 0 Å². The lowest BCUT2D eigenvalue weighted by Gasteiger charge is -2.11. The molecule has 6 heteroatoms. The number of aromatic hydroxyl groups is 2. The maximum absolute atomic E-state index is 10.6. The molecule has 0 aliphatic carbocycles. The normalized spacial score (nSPS) is 12.0. The smallest absolute Gasteiger partial charge is 0.245 e. The predicted octanol–water partition coefficient (Wildman–Crippen LogP) is 3.05. The van der Waals surface area contributed by atoms with Crippen LogP contribution in [0.25, 0.3) is 11.1 Å². The predicted molar refractivity (Wildman–Crippen MR) is 145 cm³/mol. The molecule has 0 amide bonds. The molecule has 0 spiro atoms. The SMILES string of the molecule is NC(Cc1ccc(O)c(-c2cc(CC(N)=[NH+]Cc3ccccc3)ccc2O)c1)=NCc1ccccc1. The molecule has 4 aromatic carbocycles. The highest BCUT2D eigenvalue weighted by Crippen LogP contribution is 2.36. The number of rotatable bonds is 9. The van der Waals surface area contributed by atoms with E-state index in [1.807, 2.05) is 84.9 Å². The second-order valence-corrected chi connectivity index (χ2v) is 8.71. The first-order chi connectivity index (χ1) is 17.5. The number of nitrogens with one attached hydrogen (secondary N) is 1. The lowest BCUT2D eigenvalue weighted by Crippen LogP contribution is -2.74. The van der Waals surface area contributed by atoms with E-state index in [2.05, 4.69) is 9.98 Å². The second kappa shape index (κ2) is 11.7. The van der Waals surface area contributed by atoms with Crippen LogP contribution in [0.1, 0.15) is 22.3 Å². The molecule has 0 atom stereocenters. The molecule has 0 bridgehead atoms. The fraction of sp³-hybridized carbons (Fsp3) is 0.133. The van der Waals surface area contributed by atoms with E-state index in [9.17, 15) is 10.2 Å². The molecule has 182 valence electrons. The Labute approximate surface area is 211 Å². The summed E-state index contributed by atoms with van der Waals surface area (Å²) < 4.78 is 0. The molecule has 0 saturated carbocycles. The van der Waals surface area contributed by atoms with Crippen molar-refractivity contribution in [1.82, 2.24) is 0 Å². The van der Waals surface area contributed by atoms with Crippen molar-refractivity contribution in [3.05, 3.63) is 119 Å². The van der Waals surface area contributed by atoms with Gasteiger partial charge in [-0.15, -0.1) is 0 Å². The van der Waals surface area contributed by atoms with E-state index in [1.165, 1.54) is 0 Å². The molecule has 0 aliphatic heterocycles. The zero-order valence-corrected chi connectivity index (χ0v) is 20.1. The van der Waals surface area contributed by atoms with Crippen LogP contribution in [0.3, 0.4) is 0 Å². The second-order valence-electron chi connectivity index (χ2n) is 8.71. The van der Waals surface area contributed by atoms with Gasteiger partial charge in [-0.2, -0.15) is 0 Å². The highest BCUT2D eigenvalue weighted by Gasteiger charge is 2.13. The largest absolute Gasteiger partial charge is 0.507 e. The van der Waals surface area contributed by atoms with Crippen molar-refractivity contribution in [2.45, 2.75) is 25.9 Å². The van der Waals surface area contributed by atoms with Gasteiger partial charge in [0.2, 0.25) is 5.84 Å². The van der Waals surface area contributed by atoms with Crippen LogP contribution in [-0.2, 0) is 25.9 Å². The Hall–Kier alpha value is -4.58. The van der Waals surface area contributed by atoms with Crippen LogP contribution >= 0.6 is 0 Å². The van der Waals surface area contributed by atoms with Gasteiger partial charge in [-0.3, -0.25) is 15.7 Å². The fourth-order valence-electron chi connectivity index (χ4n) is 3.95. The third kappa shape index (κ3) is 6.73. The first-order valence-corrected chi connectivity index (χ1v) is 11.8. The summed E-state index contributed by atoms with van der Waals surface area (Å²) in [6, 6.07) is 30.5. The van der Waals surface area contributed by atoms with E-state index in [0.29, 0.717) is 48.7 Å². The number of phenolic OH excluding ortho intramolecular Hbond substituents is 2. The molecule has 7 N–H and O–H groups in total. The molecule has 4 rings (SSSR count). The number of nitrogens with zero attached hydrogens (tertiary/aromatic N) is 1. The van der Waals surface area contributed by atoms with Crippen LogP contribution in [0.2, 0.25) is 0 Å². The number of phenols is 2. The van der Waals surface area contributed by atoms with Gasteiger partial charge in [-0.25, -0.2) is 0 Å². The molecule has 0 saturated heterocycles. The lowest BCUT2D eigenvalue weighted by molar-refractivity contribution is -0.477. The molecular weight excluding hydrogens is 448 g/mol. The fourth-order valence-corrected chi connectivity index (χ4v) is 3.95. The van der Waals surface area contributed by atoms with E-state index in [1.54, 1.807) is 12.1 Å². The van der Waals surface area contributed by atoms with Crippen molar-refractivity contribution in [3.8, 4) is 22.6 Å². The van der Waals surface area contributed by atoms with E-state index < -0.39 is 0 Å². The van der Waals surface area contributed by atoms with E-state index in [0.717, 1.165) is 22.3 Å². The molecule has 0 heterocycles. The van der Waals surface area contributed by atoms with Crippen molar-refractivity contribution in [2.75, 3.05) is 0 Å². The first-order valence-electron chi connectivity index (χ1n) is 11.8. The molecule has 6 nitrogen and oxygen atoms in total. The van der Waals surface area contributed by atoms with Crippen molar-refractivity contribution in [1.29, 1.82) is 0 Å². The number of nitrogens with two attached hydrogens (primary N) is 2.